The first kappa shape index (κ1) is 16.6. The van der Waals surface area contributed by atoms with Crippen LogP contribution in [0, 0.1) is 11.3 Å². The molecule has 0 bridgehead atoms. The molecule has 1 aliphatic heterocycles. The molecule has 1 aliphatic rings. The van der Waals surface area contributed by atoms with Crippen molar-refractivity contribution in [1.82, 2.24) is 5.32 Å². The largest absolute Gasteiger partial charge is 0.444 e. The lowest BCUT2D eigenvalue weighted by Crippen LogP contribution is -2.38. The summed E-state index contributed by atoms with van der Waals surface area (Å²) >= 11 is 0. The van der Waals surface area contributed by atoms with E-state index >= 15 is 0 Å². The third-order valence-corrected chi connectivity index (χ3v) is 3.06. The van der Waals surface area contributed by atoms with E-state index in [1.807, 2.05) is 6.07 Å². The standard InChI is InChI=1S/C16H19N3O4/c1-16(2,3)23-14(20)18-9-13-10-19(15(21)22-13)12-6-4-11(8-17)5-7-12/h4-7,13H,9-10H2,1-3H3,(H,18,20). The molecular weight excluding hydrogens is 298 g/mol. The number of anilines is 1. The number of carbonyl (C=O) groups is 2. The summed E-state index contributed by atoms with van der Waals surface area (Å²) < 4.78 is 10.3. The van der Waals surface area contributed by atoms with Gasteiger partial charge in [-0.25, -0.2) is 9.59 Å². The topological polar surface area (TPSA) is 91.7 Å². The van der Waals surface area contributed by atoms with Crippen LogP contribution in [-0.2, 0) is 9.47 Å². The number of cyclic esters (lactones) is 1. The molecule has 0 aliphatic carbocycles. The third kappa shape index (κ3) is 4.61. The molecule has 122 valence electrons. The van der Waals surface area contributed by atoms with Crippen molar-refractivity contribution in [2.75, 3.05) is 18.0 Å². The van der Waals surface area contributed by atoms with E-state index in [0.717, 1.165) is 0 Å². The van der Waals surface area contributed by atoms with Crippen LogP contribution in [0.2, 0.25) is 0 Å². The Morgan fingerprint density at radius 3 is 2.65 bits per heavy atom. The van der Waals surface area contributed by atoms with Crippen LogP contribution in [-0.4, -0.2) is 37.0 Å². The highest BCUT2D eigenvalue weighted by atomic mass is 16.6. The predicted molar refractivity (Wildman–Crippen MR) is 83.0 cm³/mol. The maximum atomic E-state index is 11.9. The van der Waals surface area contributed by atoms with Gasteiger partial charge in [0.1, 0.15) is 11.7 Å². The van der Waals surface area contributed by atoms with E-state index in [1.54, 1.807) is 45.0 Å². The zero-order valence-corrected chi connectivity index (χ0v) is 13.3. The number of hydrogen-bond donors (Lipinski definition) is 1. The number of alkyl carbamates (subject to hydrolysis) is 1. The zero-order chi connectivity index (χ0) is 17.0. The highest BCUT2D eigenvalue weighted by molar-refractivity contribution is 5.89. The van der Waals surface area contributed by atoms with Crippen LogP contribution < -0.4 is 10.2 Å². The van der Waals surface area contributed by atoms with Crippen LogP contribution in [0.1, 0.15) is 26.3 Å². The van der Waals surface area contributed by atoms with Gasteiger partial charge < -0.3 is 14.8 Å². The molecule has 2 rings (SSSR count). The van der Waals surface area contributed by atoms with Gasteiger partial charge >= 0.3 is 12.2 Å². The van der Waals surface area contributed by atoms with Crippen molar-refractivity contribution in [1.29, 1.82) is 5.26 Å². The summed E-state index contributed by atoms with van der Waals surface area (Å²) in [5, 5.41) is 11.4. The van der Waals surface area contributed by atoms with Gasteiger partial charge in [0.2, 0.25) is 0 Å². The zero-order valence-electron chi connectivity index (χ0n) is 13.3. The number of carbonyl (C=O) groups excluding carboxylic acids is 2. The van der Waals surface area contributed by atoms with Gasteiger partial charge in [-0.05, 0) is 45.0 Å². The Bertz CT molecular complexity index is 628. The van der Waals surface area contributed by atoms with Crippen LogP contribution in [0.3, 0.4) is 0 Å². The van der Waals surface area contributed by atoms with E-state index in [0.29, 0.717) is 17.8 Å². The Balaban J connectivity index is 1.89. The molecule has 1 heterocycles. The number of nitriles is 1. The summed E-state index contributed by atoms with van der Waals surface area (Å²) in [7, 11) is 0. The van der Waals surface area contributed by atoms with Crippen LogP contribution >= 0.6 is 0 Å². The molecule has 1 N–H and O–H groups in total. The fourth-order valence-corrected chi connectivity index (χ4v) is 2.07. The van der Waals surface area contributed by atoms with Crippen molar-refractivity contribution in [3.05, 3.63) is 29.8 Å². The molecule has 0 spiro atoms. The maximum absolute atomic E-state index is 11.9. The molecular formula is C16H19N3O4. The summed E-state index contributed by atoms with van der Waals surface area (Å²) in [6.07, 6.45) is -1.48. The molecule has 7 heteroatoms. The first-order valence-electron chi connectivity index (χ1n) is 7.23. The van der Waals surface area contributed by atoms with Crippen molar-refractivity contribution in [2.45, 2.75) is 32.5 Å². The molecule has 7 nitrogen and oxygen atoms in total. The van der Waals surface area contributed by atoms with Crippen LogP contribution in [0.15, 0.2) is 24.3 Å². The molecule has 23 heavy (non-hydrogen) atoms. The number of rotatable bonds is 3. The summed E-state index contributed by atoms with van der Waals surface area (Å²) in [4.78, 5) is 25.0. The van der Waals surface area contributed by atoms with Crippen molar-refractivity contribution in [2.24, 2.45) is 0 Å². The first-order valence-corrected chi connectivity index (χ1v) is 7.23. The number of nitrogens with one attached hydrogen (secondary N) is 1. The summed E-state index contributed by atoms with van der Waals surface area (Å²) in [5.41, 5.74) is 0.587. The maximum Gasteiger partial charge on any atom is 0.414 e. The van der Waals surface area contributed by atoms with Gasteiger partial charge in [-0.1, -0.05) is 0 Å². The molecule has 1 aromatic rings. The average Bonchev–Trinajstić information content (AvgIpc) is 2.85. The predicted octanol–water partition coefficient (Wildman–Crippen LogP) is 2.41. The molecule has 1 fully saturated rings. The highest BCUT2D eigenvalue weighted by Crippen LogP contribution is 2.21. The number of hydrogen-bond acceptors (Lipinski definition) is 5. The lowest BCUT2D eigenvalue weighted by atomic mass is 10.2. The van der Waals surface area contributed by atoms with E-state index in [9.17, 15) is 9.59 Å². The minimum atomic E-state index is -0.578. The second-order valence-electron chi connectivity index (χ2n) is 6.16. The molecule has 2 amide bonds. The SMILES string of the molecule is CC(C)(C)OC(=O)NCC1CN(c2ccc(C#N)cc2)C(=O)O1. The van der Waals surface area contributed by atoms with Crippen molar-refractivity contribution in [3.8, 4) is 6.07 Å². The van der Waals surface area contributed by atoms with Crippen LogP contribution in [0.5, 0.6) is 0 Å². The monoisotopic (exact) mass is 317 g/mol. The van der Waals surface area contributed by atoms with Gasteiger partial charge in [0.15, 0.2) is 0 Å². The molecule has 1 saturated heterocycles. The van der Waals surface area contributed by atoms with Gasteiger partial charge in [0, 0.05) is 5.69 Å². The van der Waals surface area contributed by atoms with E-state index in [1.165, 1.54) is 4.90 Å². The first-order chi connectivity index (χ1) is 10.8. The molecule has 1 unspecified atom stereocenters. The van der Waals surface area contributed by atoms with Gasteiger partial charge in [-0.2, -0.15) is 5.26 Å². The Morgan fingerprint density at radius 1 is 1.43 bits per heavy atom. The fourth-order valence-electron chi connectivity index (χ4n) is 2.07. The van der Waals surface area contributed by atoms with Crippen molar-refractivity contribution < 1.29 is 19.1 Å². The molecule has 1 atom stereocenters. The Labute approximate surface area is 134 Å². The van der Waals surface area contributed by atoms with Gasteiger partial charge in [0.25, 0.3) is 0 Å². The Morgan fingerprint density at radius 2 is 2.09 bits per heavy atom. The van der Waals surface area contributed by atoms with Gasteiger partial charge in [0.05, 0.1) is 24.7 Å². The minimum Gasteiger partial charge on any atom is -0.444 e. The van der Waals surface area contributed by atoms with E-state index in [4.69, 9.17) is 14.7 Å². The Hall–Kier alpha value is -2.75. The molecule has 0 aromatic heterocycles. The lowest BCUT2D eigenvalue weighted by molar-refractivity contribution is 0.0496. The average molecular weight is 317 g/mol. The molecule has 0 saturated carbocycles. The summed E-state index contributed by atoms with van der Waals surface area (Å²) in [6.45, 7) is 5.81. The minimum absolute atomic E-state index is 0.174. The smallest absolute Gasteiger partial charge is 0.414 e. The Kier molecular flexibility index (Phi) is 4.74. The second-order valence-corrected chi connectivity index (χ2v) is 6.16. The van der Waals surface area contributed by atoms with Crippen LogP contribution in [0.25, 0.3) is 0 Å². The molecule has 1 aromatic carbocycles. The summed E-state index contributed by atoms with van der Waals surface area (Å²) in [5.74, 6) is 0. The van der Waals surface area contributed by atoms with E-state index in [-0.39, 0.29) is 6.54 Å². The number of benzene rings is 1. The lowest BCUT2D eigenvalue weighted by Gasteiger charge is -2.20. The van der Waals surface area contributed by atoms with E-state index in [2.05, 4.69) is 5.32 Å². The van der Waals surface area contributed by atoms with Gasteiger partial charge in [-0.15, -0.1) is 0 Å². The molecule has 0 radical (unpaired) electrons. The number of ether oxygens (including phenoxy) is 2. The normalized spacial score (nSPS) is 17.4. The fraction of sp³-hybridized carbons (Fsp3) is 0.438. The van der Waals surface area contributed by atoms with E-state index < -0.39 is 23.9 Å². The van der Waals surface area contributed by atoms with Crippen LogP contribution in [0.4, 0.5) is 15.3 Å². The van der Waals surface area contributed by atoms with Crippen molar-refractivity contribution >= 4 is 17.9 Å². The highest BCUT2D eigenvalue weighted by Gasteiger charge is 2.32. The second kappa shape index (κ2) is 6.57. The van der Waals surface area contributed by atoms with Crippen molar-refractivity contribution in [3.63, 3.8) is 0 Å². The quantitative estimate of drug-likeness (QED) is 0.924. The van der Waals surface area contributed by atoms with Gasteiger partial charge in [-0.3, -0.25) is 4.90 Å². The number of amides is 2. The third-order valence-electron chi connectivity index (χ3n) is 3.06. The summed E-state index contributed by atoms with van der Waals surface area (Å²) in [6, 6.07) is 8.66. The number of nitrogens with zero attached hydrogens (tertiary/aromatic N) is 2.